The van der Waals surface area contributed by atoms with Crippen LogP contribution in [0.3, 0.4) is 0 Å². The zero-order valence-corrected chi connectivity index (χ0v) is 10.4. The number of hydrogen-bond acceptors (Lipinski definition) is 4. The molecule has 0 aliphatic heterocycles. The molecule has 1 unspecified atom stereocenters. The molecule has 0 fully saturated rings. The second-order valence-electron chi connectivity index (χ2n) is 4.07. The maximum absolute atomic E-state index is 11.1. The molecular weight excluding hydrogens is 222 g/mol. The lowest BCUT2D eigenvalue weighted by molar-refractivity contribution is -0.139. The first-order valence-electron chi connectivity index (χ1n) is 5.55. The van der Waals surface area contributed by atoms with Crippen molar-refractivity contribution >= 4 is 5.97 Å². The van der Waals surface area contributed by atoms with Crippen LogP contribution in [0.5, 0.6) is 0 Å². The second-order valence-corrected chi connectivity index (χ2v) is 4.07. The molecule has 0 saturated heterocycles. The molecule has 17 heavy (non-hydrogen) atoms. The summed E-state index contributed by atoms with van der Waals surface area (Å²) in [5.74, 6) is -0.913. The summed E-state index contributed by atoms with van der Waals surface area (Å²) in [7, 11) is 1.58. The fourth-order valence-corrected chi connectivity index (χ4v) is 1.44. The lowest BCUT2D eigenvalue weighted by Crippen LogP contribution is -2.30. The number of aromatic nitrogens is 2. The van der Waals surface area contributed by atoms with E-state index in [0.717, 1.165) is 0 Å². The molecular formula is C11H19N3O3. The monoisotopic (exact) mass is 241 g/mol. The van der Waals surface area contributed by atoms with Gasteiger partial charge in [0, 0.05) is 31.5 Å². The minimum absolute atomic E-state index is 0.220. The summed E-state index contributed by atoms with van der Waals surface area (Å²) in [4.78, 5) is 11.1. The maximum atomic E-state index is 11.1. The van der Waals surface area contributed by atoms with E-state index in [-0.39, 0.29) is 6.04 Å². The second kappa shape index (κ2) is 6.36. The average Bonchev–Trinajstić information content (AvgIpc) is 2.73. The molecule has 1 heterocycles. The Bertz CT molecular complexity index is 363. The highest BCUT2D eigenvalue weighted by molar-refractivity contribution is 5.75. The highest BCUT2D eigenvalue weighted by Gasteiger charge is 2.20. The van der Waals surface area contributed by atoms with E-state index in [4.69, 9.17) is 9.84 Å². The van der Waals surface area contributed by atoms with E-state index < -0.39 is 12.0 Å². The number of hydrogen-bond donors (Lipinski definition) is 2. The molecule has 0 bridgehead atoms. The molecule has 0 saturated carbocycles. The van der Waals surface area contributed by atoms with Crippen LogP contribution >= 0.6 is 0 Å². The first-order chi connectivity index (χ1) is 8.06. The lowest BCUT2D eigenvalue weighted by Gasteiger charge is -2.12. The van der Waals surface area contributed by atoms with Crippen LogP contribution in [0.4, 0.5) is 0 Å². The zero-order valence-electron chi connectivity index (χ0n) is 10.4. The third-order valence-corrected chi connectivity index (χ3v) is 2.39. The molecule has 1 aromatic heterocycles. The van der Waals surface area contributed by atoms with Gasteiger partial charge in [0.05, 0.1) is 12.8 Å². The summed E-state index contributed by atoms with van der Waals surface area (Å²) >= 11 is 0. The number of carboxylic acids is 1. The van der Waals surface area contributed by atoms with E-state index in [1.807, 2.05) is 13.8 Å². The summed E-state index contributed by atoms with van der Waals surface area (Å²) in [6.07, 6.45) is 3.34. The first kappa shape index (κ1) is 13.7. The van der Waals surface area contributed by atoms with Crippen LogP contribution in [0.15, 0.2) is 12.4 Å². The van der Waals surface area contributed by atoms with E-state index in [2.05, 4.69) is 10.4 Å². The van der Waals surface area contributed by atoms with Gasteiger partial charge in [0.25, 0.3) is 0 Å². The summed E-state index contributed by atoms with van der Waals surface area (Å²) in [5, 5.41) is 16.2. The number of rotatable bonds is 7. The molecule has 0 spiro atoms. The van der Waals surface area contributed by atoms with Crippen LogP contribution in [0.25, 0.3) is 0 Å². The predicted octanol–water partition coefficient (Wildman–Crippen LogP) is 0.826. The smallest absolute Gasteiger partial charge is 0.325 e. The molecule has 0 amide bonds. The van der Waals surface area contributed by atoms with Crippen molar-refractivity contribution in [3.63, 3.8) is 0 Å². The first-order valence-corrected chi connectivity index (χ1v) is 5.55. The molecule has 0 aliphatic carbocycles. The third-order valence-electron chi connectivity index (χ3n) is 2.39. The van der Waals surface area contributed by atoms with Gasteiger partial charge in [-0.2, -0.15) is 5.10 Å². The summed E-state index contributed by atoms with van der Waals surface area (Å²) in [6.45, 7) is 4.94. The largest absolute Gasteiger partial charge is 0.480 e. The van der Waals surface area contributed by atoms with Gasteiger partial charge in [-0.1, -0.05) is 0 Å². The van der Waals surface area contributed by atoms with Crippen LogP contribution < -0.4 is 5.32 Å². The number of ether oxygens (including phenoxy) is 1. The van der Waals surface area contributed by atoms with E-state index in [1.165, 1.54) is 0 Å². The van der Waals surface area contributed by atoms with Gasteiger partial charge in [-0.15, -0.1) is 0 Å². The quantitative estimate of drug-likeness (QED) is 0.691. The Morgan fingerprint density at radius 3 is 2.82 bits per heavy atom. The van der Waals surface area contributed by atoms with Crippen molar-refractivity contribution in [3.8, 4) is 0 Å². The van der Waals surface area contributed by atoms with E-state index in [9.17, 15) is 4.79 Å². The number of aliphatic carboxylic acids is 1. The van der Waals surface area contributed by atoms with Gasteiger partial charge in [0.1, 0.15) is 6.04 Å². The fourth-order valence-electron chi connectivity index (χ4n) is 1.44. The average molecular weight is 241 g/mol. The minimum atomic E-state index is -0.913. The Kier molecular flexibility index (Phi) is 5.11. The van der Waals surface area contributed by atoms with Crippen LogP contribution in [0.1, 0.15) is 31.5 Å². The van der Waals surface area contributed by atoms with Crippen molar-refractivity contribution in [1.82, 2.24) is 15.1 Å². The molecule has 6 heteroatoms. The minimum Gasteiger partial charge on any atom is -0.480 e. The Hall–Kier alpha value is -1.40. The Labute approximate surface area is 101 Å². The van der Waals surface area contributed by atoms with E-state index in [0.29, 0.717) is 18.7 Å². The van der Waals surface area contributed by atoms with Crippen molar-refractivity contribution in [2.75, 3.05) is 20.3 Å². The van der Waals surface area contributed by atoms with Crippen LogP contribution in [0.2, 0.25) is 0 Å². The van der Waals surface area contributed by atoms with Gasteiger partial charge >= 0.3 is 5.97 Å². The molecule has 1 rings (SSSR count). The SMILES string of the molecule is COCCNC(C(=O)O)c1cnn(C(C)C)c1. The molecule has 0 aliphatic rings. The number of carboxylic acid groups (broad SMARTS) is 1. The summed E-state index contributed by atoms with van der Waals surface area (Å²) < 4.78 is 6.61. The highest BCUT2D eigenvalue weighted by atomic mass is 16.5. The van der Waals surface area contributed by atoms with Crippen molar-refractivity contribution in [2.24, 2.45) is 0 Å². The van der Waals surface area contributed by atoms with Gasteiger partial charge in [-0.25, -0.2) is 0 Å². The van der Waals surface area contributed by atoms with Gasteiger partial charge in [0.2, 0.25) is 0 Å². The third kappa shape index (κ3) is 3.83. The van der Waals surface area contributed by atoms with Gasteiger partial charge in [-0.3, -0.25) is 14.8 Å². The van der Waals surface area contributed by atoms with Gasteiger partial charge in [0.15, 0.2) is 0 Å². The van der Waals surface area contributed by atoms with Crippen molar-refractivity contribution in [2.45, 2.75) is 25.9 Å². The summed E-state index contributed by atoms with van der Waals surface area (Å²) in [5.41, 5.74) is 0.655. The van der Waals surface area contributed by atoms with E-state index >= 15 is 0 Å². The number of nitrogens with one attached hydrogen (secondary N) is 1. The molecule has 1 aromatic rings. The molecule has 1 atom stereocenters. The lowest BCUT2D eigenvalue weighted by atomic mass is 10.1. The highest BCUT2D eigenvalue weighted by Crippen LogP contribution is 2.14. The molecule has 6 nitrogen and oxygen atoms in total. The van der Waals surface area contributed by atoms with Crippen LogP contribution in [0, 0.1) is 0 Å². The van der Waals surface area contributed by atoms with Crippen LogP contribution in [-0.4, -0.2) is 41.1 Å². The number of methoxy groups -OCH3 is 1. The van der Waals surface area contributed by atoms with Crippen molar-refractivity contribution < 1.29 is 14.6 Å². The van der Waals surface area contributed by atoms with Crippen LogP contribution in [-0.2, 0) is 9.53 Å². The topological polar surface area (TPSA) is 76.4 Å². The molecule has 96 valence electrons. The van der Waals surface area contributed by atoms with Crippen molar-refractivity contribution in [1.29, 1.82) is 0 Å². The van der Waals surface area contributed by atoms with Gasteiger partial charge in [-0.05, 0) is 13.8 Å². The molecule has 0 aromatic carbocycles. The maximum Gasteiger partial charge on any atom is 0.325 e. The number of carbonyl (C=O) groups is 1. The Balaban J connectivity index is 2.71. The standard InChI is InChI=1S/C11H19N3O3/c1-8(2)14-7-9(6-13-14)10(11(15)16)12-4-5-17-3/h6-8,10,12H,4-5H2,1-3H3,(H,15,16). The van der Waals surface area contributed by atoms with E-state index in [1.54, 1.807) is 24.2 Å². The predicted molar refractivity (Wildman–Crippen MR) is 62.9 cm³/mol. The Morgan fingerprint density at radius 2 is 2.35 bits per heavy atom. The normalized spacial score (nSPS) is 12.9. The number of nitrogens with zero attached hydrogens (tertiary/aromatic N) is 2. The fraction of sp³-hybridized carbons (Fsp3) is 0.636. The summed E-state index contributed by atoms with van der Waals surface area (Å²) in [6, 6.07) is -0.519. The zero-order chi connectivity index (χ0) is 12.8. The van der Waals surface area contributed by atoms with Crippen molar-refractivity contribution in [3.05, 3.63) is 18.0 Å². The Morgan fingerprint density at radius 1 is 1.65 bits per heavy atom. The molecule has 2 N–H and O–H groups in total. The van der Waals surface area contributed by atoms with Gasteiger partial charge < -0.3 is 9.84 Å². The molecule has 0 radical (unpaired) electrons.